The number of alkyl halides is 2. The molecule has 1 aliphatic rings. The van der Waals surface area contributed by atoms with E-state index in [0.717, 1.165) is 13.0 Å². The zero-order valence-corrected chi connectivity index (χ0v) is 8.81. The fraction of sp³-hybridized carbons (Fsp3) is 1.00. The van der Waals surface area contributed by atoms with Gasteiger partial charge in [0.1, 0.15) is 0 Å². The Morgan fingerprint density at radius 2 is 2.07 bits per heavy atom. The number of nitrogens with zero attached hydrogens (tertiary/aromatic N) is 1. The third-order valence-electron chi connectivity index (χ3n) is 3.32. The van der Waals surface area contributed by atoms with Gasteiger partial charge in [-0.2, -0.15) is 0 Å². The minimum absolute atomic E-state index is 0.124. The van der Waals surface area contributed by atoms with Crippen molar-refractivity contribution in [2.75, 3.05) is 26.7 Å². The van der Waals surface area contributed by atoms with E-state index in [2.05, 4.69) is 0 Å². The van der Waals surface area contributed by atoms with E-state index in [1.54, 1.807) is 11.9 Å². The van der Waals surface area contributed by atoms with Gasteiger partial charge in [-0.3, -0.25) is 0 Å². The van der Waals surface area contributed by atoms with Crippen molar-refractivity contribution in [3.63, 3.8) is 0 Å². The maximum Gasteiger partial charge on any atom is 0.251 e. The lowest BCUT2D eigenvalue weighted by molar-refractivity contribution is 0.0743. The maximum absolute atomic E-state index is 12.0. The van der Waals surface area contributed by atoms with Gasteiger partial charge in [-0.15, -0.1) is 0 Å². The number of halogens is 2. The van der Waals surface area contributed by atoms with Crippen LogP contribution in [0.5, 0.6) is 0 Å². The van der Waals surface area contributed by atoms with Gasteiger partial charge in [0.2, 0.25) is 0 Å². The Balaban J connectivity index is 2.18. The Morgan fingerprint density at radius 3 is 2.43 bits per heavy atom. The highest BCUT2D eigenvalue weighted by atomic mass is 19.3. The lowest BCUT2D eigenvalue weighted by Crippen LogP contribution is -2.40. The molecule has 0 aromatic rings. The predicted octanol–water partition coefficient (Wildman–Crippen LogP) is 1.70. The Bertz CT molecular complexity index is 164. The van der Waals surface area contributed by atoms with E-state index in [1.807, 2.05) is 0 Å². The molecule has 0 amide bonds. The van der Waals surface area contributed by atoms with Crippen LogP contribution in [0.3, 0.4) is 0 Å². The first-order valence-corrected chi connectivity index (χ1v) is 5.25. The minimum atomic E-state index is -2.23. The highest BCUT2D eigenvalue weighted by Crippen LogP contribution is 2.42. The lowest BCUT2D eigenvalue weighted by atomic mass is 9.67. The molecule has 0 bridgehead atoms. The highest BCUT2D eigenvalue weighted by molar-refractivity contribution is 4.88. The van der Waals surface area contributed by atoms with Crippen molar-refractivity contribution in [3.8, 4) is 0 Å². The maximum atomic E-state index is 12.0. The summed E-state index contributed by atoms with van der Waals surface area (Å²) in [5.41, 5.74) is 5.96. The summed E-state index contributed by atoms with van der Waals surface area (Å²) in [6.07, 6.45) is 2.33. The van der Waals surface area contributed by atoms with Gasteiger partial charge in [-0.25, -0.2) is 8.78 Å². The molecule has 1 saturated carbocycles. The number of rotatable bonds is 6. The van der Waals surface area contributed by atoms with E-state index in [9.17, 15) is 8.78 Å². The summed E-state index contributed by atoms with van der Waals surface area (Å²) in [7, 11) is 1.75. The van der Waals surface area contributed by atoms with Gasteiger partial charge in [0, 0.05) is 0 Å². The van der Waals surface area contributed by atoms with E-state index in [1.165, 1.54) is 19.3 Å². The van der Waals surface area contributed by atoms with Gasteiger partial charge in [-0.05, 0) is 44.8 Å². The average Bonchev–Trinajstić information content (AvgIpc) is 2.01. The minimum Gasteiger partial charge on any atom is -0.330 e. The van der Waals surface area contributed by atoms with Crippen LogP contribution in [0.4, 0.5) is 8.78 Å². The van der Waals surface area contributed by atoms with E-state index >= 15 is 0 Å². The SMILES string of the molecule is CN(CCC1(CN)CCC1)CC(F)F. The molecule has 0 heterocycles. The molecule has 0 aliphatic heterocycles. The molecule has 0 unspecified atom stereocenters. The standard InChI is InChI=1S/C10H20F2N2/c1-14(7-9(11)12)6-5-10(8-13)3-2-4-10/h9H,2-8,13H2,1H3. The second kappa shape index (κ2) is 5.03. The fourth-order valence-electron chi connectivity index (χ4n) is 1.99. The molecular formula is C10H20F2N2. The smallest absolute Gasteiger partial charge is 0.251 e. The third-order valence-corrected chi connectivity index (χ3v) is 3.32. The van der Waals surface area contributed by atoms with Crippen LogP contribution in [0.15, 0.2) is 0 Å². The van der Waals surface area contributed by atoms with Crippen LogP contribution in [0.1, 0.15) is 25.7 Å². The first-order chi connectivity index (χ1) is 6.58. The van der Waals surface area contributed by atoms with Gasteiger partial charge in [-0.1, -0.05) is 6.42 Å². The van der Waals surface area contributed by atoms with Crippen molar-refractivity contribution < 1.29 is 8.78 Å². The Kier molecular flexibility index (Phi) is 4.26. The molecule has 2 N–H and O–H groups in total. The third kappa shape index (κ3) is 3.17. The molecule has 1 aliphatic carbocycles. The molecule has 1 fully saturated rings. The molecule has 84 valence electrons. The van der Waals surface area contributed by atoms with Crippen LogP contribution in [-0.2, 0) is 0 Å². The highest BCUT2D eigenvalue weighted by Gasteiger charge is 2.35. The van der Waals surface area contributed by atoms with E-state index in [0.29, 0.717) is 6.54 Å². The Hall–Kier alpha value is -0.220. The first-order valence-electron chi connectivity index (χ1n) is 5.25. The monoisotopic (exact) mass is 206 g/mol. The van der Waals surface area contributed by atoms with Gasteiger partial charge in [0.25, 0.3) is 6.43 Å². The van der Waals surface area contributed by atoms with Gasteiger partial charge >= 0.3 is 0 Å². The quantitative estimate of drug-likeness (QED) is 0.716. The van der Waals surface area contributed by atoms with Crippen LogP contribution in [0, 0.1) is 5.41 Å². The van der Waals surface area contributed by atoms with Crippen molar-refractivity contribution >= 4 is 0 Å². The summed E-state index contributed by atoms with van der Waals surface area (Å²) in [5.74, 6) is 0. The zero-order chi connectivity index (χ0) is 10.6. The number of nitrogens with two attached hydrogens (primary N) is 1. The van der Waals surface area contributed by atoms with Crippen molar-refractivity contribution in [2.24, 2.45) is 11.1 Å². The topological polar surface area (TPSA) is 29.3 Å². The molecule has 0 spiro atoms. The second-order valence-electron chi connectivity index (χ2n) is 4.46. The summed E-state index contributed by atoms with van der Waals surface area (Å²) >= 11 is 0. The molecule has 0 radical (unpaired) electrons. The molecule has 2 nitrogen and oxygen atoms in total. The van der Waals surface area contributed by atoms with Crippen LogP contribution in [-0.4, -0.2) is 38.0 Å². The van der Waals surface area contributed by atoms with Gasteiger partial charge in [0.05, 0.1) is 6.54 Å². The summed E-state index contributed by atoms with van der Waals surface area (Å²) in [4.78, 5) is 1.69. The Morgan fingerprint density at radius 1 is 1.43 bits per heavy atom. The second-order valence-corrected chi connectivity index (χ2v) is 4.46. The largest absolute Gasteiger partial charge is 0.330 e. The van der Waals surface area contributed by atoms with E-state index < -0.39 is 6.43 Å². The van der Waals surface area contributed by atoms with Crippen molar-refractivity contribution in [1.29, 1.82) is 0 Å². The molecule has 14 heavy (non-hydrogen) atoms. The number of hydrogen-bond acceptors (Lipinski definition) is 2. The summed E-state index contributed by atoms with van der Waals surface area (Å²) < 4.78 is 24.0. The molecule has 4 heteroatoms. The average molecular weight is 206 g/mol. The normalized spacial score (nSPS) is 20.1. The van der Waals surface area contributed by atoms with Crippen molar-refractivity contribution in [1.82, 2.24) is 4.90 Å². The molecular weight excluding hydrogens is 186 g/mol. The lowest BCUT2D eigenvalue weighted by Gasteiger charge is -2.42. The molecule has 0 saturated heterocycles. The van der Waals surface area contributed by atoms with Crippen molar-refractivity contribution in [3.05, 3.63) is 0 Å². The van der Waals surface area contributed by atoms with Crippen molar-refractivity contribution in [2.45, 2.75) is 32.1 Å². The van der Waals surface area contributed by atoms with Crippen LogP contribution >= 0.6 is 0 Å². The number of hydrogen-bond donors (Lipinski definition) is 1. The molecule has 0 aromatic heterocycles. The first kappa shape index (κ1) is 11.9. The predicted molar refractivity (Wildman–Crippen MR) is 53.5 cm³/mol. The van der Waals surface area contributed by atoms with E-state index in [-0.39, 0.29) is 12.0 Å². The van der Waals surface area contributed by atoms with Gasteiger partial charge < -0.3 is 10.6 Å². The zero-order valence-electron chi connectivity index (χ0n) is 8.81. The summed E-state index contributed by atoms with van der Waals surface area (Å²) in [6.45, 7) is 1.32. The fourth-order valence-corrected chi connectivity index (χ4v) is 1.99. The summed E-state index contributed by atoms with van der Waals surface area (Å²) in [5, 5.41) is 0. The van der Waals surface area contributed by atoms with E-state index in [4.69, 9.17) is 5.73 Å². The molecule has 1 rings (SSSR count). The molecule has 0 atom stereocenters. The van der Waals surface area contributed by atoms with Crippen LogP contribution in [0.25, 0.3) is 0 Å². The summed E-state index contributed by atoms with van der Waals surface area (Å²) in [6, 6.07) is 0. The van der Waals surface area contributed by atoms with Crippen LogP contribution < -0.4 is 5.73 Å². The van der Waals surface area contributed by atoms with Gasteiger partial charge in [0.15, 0.2) is 0 Å². The molecule has 0 aromatic carbocycles. The van der Waals surface area contributed by atoms with Crippen LogP contribution in [0.2, 0.25) is 0 Å². The Labute approximate surface area is 84.4 Å².